The van der Waals surface area contributed by atoms with E-state index < -0.39 is 5.72 Å². The predicted octanol–water partition coefficient (Wildman–Crippen LogP) is 4.23. The van der Waals surface area contributed by atoms with Crippen molar-refractivity contribution in [3.8, 4) is 0 Å². The van der Waals surface area contributed by atoms with Crippen molar-refractivity contribution in [1.29, 1.82) is 0 Å². The Bertz CT molecular complexity index is 739. The number of hydrogen-bond donors (Lipinski definition) is 1. The van der Waals surface area contributed by atoms with E-state index in [0.29, 0.717) is 0 Å². The molecule has 2 aromatic carbocycles. The zero-order valence-corrected chi connectivity index (χ0v) is 18.4. The zero-order valence-electron chi connectivity index (χ0n) is 18.4. The normalized spacial score (nSPS) is 21.4. The second-order valence-electron chi connectivity index (χ2n) is 8.76. The van der Waals surface area contributed by atoms with Gasteiger partial charge in [0.1, 0.15) is 0 Å². The minimum absolute atomic E-state index is 0.436. The summed E-state index contributed by atoms with van der Waals surface area (Å²) in [6.45, 7) is 5.99. The first-order chi connectivity index (χ1) is 14.8. The number of piperazine rings is 1. The summed E-state index contributed by atoms with van der Waals surface area (Å²) in [7, 11) is 1.87. The van der Waals surface area contributed by atoms with Gasteiger partial charge in [-0.15, -0.1) is 0 Å². The van der Waals surface area contributed by atoms with E-state index >= 15 is 0 Å². The molecule has 1 atom stereocenters. The van der Waals surface area contributed by atoms with Crippen molar-refractivity contribution in [2.24, 2.45) is 0 Å². The van der Waals surface area contributed by atoms with Crippen molar-refractivity contribution in [2.45, 2.75) is 50.4 Å². The number of nitrogens with one attached hydrogen (secondary N) is 1. The van der Waals surface area contributed by atoms with E-state index in [4.69, 9.17) is 4.74 Å². The maximum absolute atomic E-state index is 6.33. The lowest BCUT2D eigenvalue weighted by Gasteiger charge is -2.49. The van der Waals surface area contributed by atoms with Crippen LogP contribution in [0.3, 0.4) is 0 Å². The molecule has 1 unspecified atom stereocenters. The van der Waals surface area contributed by atoms with E-state index in [9.17, 15) is 0 Å². The topological polar surface area (TPSA) is 27.7 Å². The van der Waals surface area contributed by atoms with Crippen LogP contribution in [0.25, 0.3) is 0 Å². The molecular formula is C26H37N3O. The molecule has 162 valence electrons. The van der Waals surface area contributed by atoms with Crippen LogP contribution in [0.5, 0.6) is 0 Å². The molecule has 2 aliphatic rings. The highest BCUT2D eigenvalue weighted by Crippen LogP contribution is 2.32. The Morgan fingerprint density at radius 3 is 2.13 bits per heavy atom. The Hall–Kier alpha value is -1.72. The van der Waals surface area contributed by atoms with Gasteiger partial charge in [0.25, 0.3) is 0 Å². The SMILES string of the molecule is COC(CNCc1ccccc1)(c1ccccc1)N1CCN(C2CCCCC2)CC1. The summed E-state index contributed by atoms with van der Waals surface area (Å²) in [5.74, 6) is 0. The van der Waals surface area contributed by atoms with Crippen LogP contribution in [-0.2, 0) is 17.0 Å². The number of benzene rings is 2. The largest absolute Gasteiger partial charge is 0.358 e. The minimum Gasteiger partial charge on any atom is -0.358 e. The fourth-order valence-electron chi connectivity index (χ4n) is 5.28. The van der Waals surface area contributed by atoms with Crippen LogP contribution in [0.4, 0.5) is 0 Å². The molecular weight excluding hydrogens is 370 g/mol. The summed E-state index contributed by atoms with van der Waals surface area (Å²) in [4.78, 5) is 5.29. The van der Waals surface area contributed by atoms with E-state index in [1.54, 1.807) is 0 Å². The maximum atomic E-state index is 6.33. The lowest BCUT2D eigenvalue weighted by molar-refractivity contribution is -0.157. The number of methoxy groups -OCH3 is 1. The zero-order chi connectivity index (χ0) is 20.7. The lowest BCUT2D eigenvalue weighted by Crippen LogP contribution is -2.61. The first-order valence-corrected chi connectivity index (χ1v) is 11.7. The van der Waals surface area contributed by atoms with Crippen molar-refractivity contribution in [3.05, 3.63) is 71.8 Å². The molecule has 0 bridgehead atoms. The van der Waals surface area contributed by atoms with Gasteiger partial charge in [0, 0.05) is 58.0 Å². The molecule has 4 nitrogen and oxygen atoms in total. The lowest BCUT2D eigenvalue weighted by atomic mass is 9.93. The number of ether oxygens (including phenoxy) is 1. The third kappa shape index (κ3) is 4.94. The molecule has 0 radical (unpaired) electrons. The standard InChI is InChI=1S/C26H37N3O/c1-30-26(24-13-7-3-8-14-24,22-27-21-23-11-5-2-6-12-23)29-19-17-28(18-20-29)25-15-9-4-10-16-25/h2-3,5-8,11-14,25,27H,4,9-10,15-22H2,1H3. The van der Waals surface area contributed by atoms with Crippen molar-refractivity contribution >= 4 is 0 Å². The Morgan fingerprint density at radius 1 is 0.867 bits per heavy atom. The van der Waals surface area contributed by atoms with Gasteiger partial charge in [0.2, 0.25) is 0 Å². The van der Waals surface area contributed by atoms with Crippen LogP contribution in [0.15, 0.2) is 60.7 Å². The molecule has 0 spiro atoms. The molecule has 1 heterocycles. The smallest absolute Gasteiger partial charge is 0.160 e. The van der Waals surface area contributed by atoms with Gasteiger partial charge in [-0.2, -0.15) is 0 Å². The average molecular weight is 408 g/mol. The minimum atomic E-state index is -0.436. The average Bonchev–Trinajstić information content (AvgIpc) is 2.84. The molecule has 0 aromatic heterocycles. The maximum Gasteiger partial charge on any atom is 0.160 e. The summed E-state index contributed by atoms with van der Waals surface area (Å²) in [6, 6.07) is 22.2. The first kappa shape index (κ1) is 21.5. The summed E-state index contributed by atoms with van der Waals surface area (Å²) in [5.41, 5.74) is 2.10. The van der Waals surface area contributed by atoms with E-state index in [0.717, 1.165) is 45.3 Å². The monoisotopic (exact) mass is 407 g/mol. The molecule has 1 aliphatic carbocycles. The Kier molecular flexibility index (Phi) is 7.56. The van der Waals surface area contributed by atoms with Crippen LogP contribution >= 0.6 is 0 Å². The first-order valence-electron chi connectivity index (χ1n) is 11.7. The van der Waals surface area contributed by atoms with E-state index in [1.165, 1.54) is 43.2 Å². The molecule has 2 aromatic rings. The van der Waals surface area contributed by atoms with Crippen LogP contribution in [0.1, 0.15) is 43.2 Å². The fraction of sp³-hybridized carbons (Fsp3) is 0.538. The van der Waals surface area contributed by atoms with Crippen molar-refractivity contribution < 1.29 is 4.74 Å². The van der Waals surface area contributed by atoms with Crippen LogP contribution < -0.4 is 5.32 Å². The van der Waals surface area contributed by atoms with Crippen LogP contribution in [-0.4, -0.2) is 55.7 Å². The summed E-state index contributed by atoms with van der Waals surface area (Å²) < 4.78 is 6.33. The van der Waals surface area contributed by atoms with Gasteiger partial charge in [0.15, 0.2) is 5.72 Å². The van der Waals surface area contributed by atoms with E-state index in [1.807, 2.05) is 7.11 Å². The highest BCUT2D eigenvalue weighted by atomic mass is 16.5. The molecule has 4 heteroatoms. The molecule has 0 amide bonds. The van der Waals surface area contributed by atoms with Crippen molar-refractivity contribution in [3.63, 3.8) is 0 Å². The molecule has 1 aliphatic heterocycles. The van der Waals surface area contributed by atoms with E-state index in [-0.39, 0.29) is 0 Å². The van der Waals surface area contributed by atoms with Gasteiger partial charge < -0.3 is 10.1 Å². The number of rotatable bonds is 8. The molecule has 30 heavy (non-hydrogen) atoms. The Balaban J connectivity index is 1.46. The fourth-order valence-corrected chi connectivity index (χ4v) is 5.28. The van der Waals surface area contributed by atoms with Crippen LogP contribution in [0.2, 0.25) is 0 Å². The van der Waals surface area contributed by atoms with Crippen LogP contribution in [0, 0.1) is 0 Å². The van der Waals surface area contributed by atoms with Gasteiger partial charge in [-0.3, -0.25) is 9.80 Å². The predicted molar refractivity (Wildman–Crippen MR) is 123 cm³/mol. The summed E-state index contributed by atoms with van der Waals surface area (Å²) in [6.07, 6.45) is 6.99. The molecule has 1 saturated heterocycles. The second kappa shape index (κ2) is 10.5. The van der Waals surface area contributed by atoms with Gasteiger partial charge in [-0.05, 0) is 18.4 Å². The van der Waals surface area contributed by atoms with Crippen molar-refractivity contribution in [2.75, 3.05) is 39.8 Å². The second-order valence-corrected chi connectivity index (χ2v) is 8.76. The van der Waals surface area contributed by atoms with E-state index in [2.05, 4.69) is 75.8 Å². The quantitative estimate of drug-likeness (QED) is 0.709. The molecule has 4 rings (SSSR count). The van der Waals surface area contributed by atoms with Gasteiger partial charge in [-0.25, -0.2) is 0 Å². The molecule has 2 fully saturated rings. The highest BCUT2D eigenvalue weighted by molar-refractivity contribution is 5.23. The molecule has 1 N–H and O–H groups in total. The van der Waals surface area contributed by atoms with Crippen molar-refractivity contribution in [1.82, 2.24) is 15.1 Å². The number of hydrogen-bond acceptors (Lipinski definition) is 4. The summed E-state index contributed by atoms with van der Waals surface area (Å²) >= 11 is 0. The van der Waals surface area contributed by atoms with Gasteiger partial charge in [0.05, 0.1) is 0 Å². The highest BCUT2D eigenvalue weighted by Gasteiger charge is 2.40. The Morgan fingerprint density at radius 2 is 1.50 bits per heavy atom. The van der Waals surface area contributed by atoms with Gasteiger partial charge >= 0.3 is 0 Å². The molecule has 1 saturated carbocycles. The van der Waals surface area contributed by atoms with Gasteiger partial charge in [-0.1, -0.05) is 79.9 Å². The third-order valence-corrected chi connectivity index (χ3v) is 7.02. The summed E-state index contributed by atoms with van der Waals surface area (Å²) in [5, 5.41) is 3.68. The third-order valence-electron chi connectivity index (χ3n) is 7.02. The number of nitrogens with zero attached hydrogens (tertiary/aromatic N) is 2. The Labute approximate surface area is 182 Å².